The molecule has 2 unspecified atom stereocenters. The van der Waals surface area contributed by atoms with E-state index in [0.29, 0.717) is 17.9 Å². The molecular weight excluding hydrogens is 382 g/mol. The molecule has 0 aliphatic carbocycles. The van der Waals surface area contributed by atoms with Crippen LogP contribution in [-0.4, -0.2) is 53.9 Å². The number of hydrogen-bond acceptors (Lipinski definition) is 4. The van der Waals surface area contributed by atoms with Crippen molar-refractivity contribution in [2.45, 2.75) is 39.2 Å². The van der Waals surface area contributed by atoms with Gasteiger partial charge in [0.25, 0.3) is 5.91 Å². The third-order valence-corrected chi connectivity index (χ3v) is 6.25. The van der Waals surface area contributed by atoms with Gasteiger partial charge < -0.3 is 15.5 Å². The van der Waals surface area contributed by atoms with Crippen LogP contribution >= 0.6 is 24.2 Å². The maximum Gasteiger partial charge on any atom is 0.253 e. The number of anilines is 1. The van der Waals surface area contributed by atoms with E-state index in [1.165, 1.54) is 6.42 Å². The lowest BCUT2D eigenvalue weighted by atomic mass is 9.99. The summed E-state index contributed by atoms with van der Waals surface area (Å²) in [5.74, 6) is 2.79. The predicted octanol–water partition coefficient (Wildman–Crippen LogP) is 3.32. The van der Waals surface area contributed by atoms with Gasteiger partial charge in [0.2, 0.25) is 5.91 Å². The van der Waals surface area contributed by atoms with Crippen molar-refractivity contribution in [1.29, 1.82) is 0 Å². The van der Waals surface area contributed by atoms with Crippen LogP contribution in [0.3, 0.4) is 0 Å². The van der Waals surface area contributed by atoms with Crippen LogP contribution in [0.2, 0.25) is 0 Å². The van der Waals surface area contributed by atoms with Crippen LogP contribution < -0.4 is 10.6 Å². The zero-order chi connectivity index (χ0) is 18.5. The summed E-state index contributed by atoms with van der Waals surface area (Å²) >= 11 is 1.89. The Hall–Kier alpha value is -1.24. The minimum Gasteiger partial charge on any atom is -0.338 e. The number of thioether (sulfide) groups is 1. The quantitative estimate of drug-likeness (QED) is 0.797. The van der Waals surface area contributed by atoms with Crippen molar-refractivity contribution in [3.8, 4) is 0 Å². The Morgan fingerprint density at radius 3 is 2.85 bits per heavy atom. The maximum atomic E-state index is 12.7. The molecule has 5 nitrogen and oxygen atoms in total. The highest BCUT2D eigenvalue weighted by Crippen LogP contribution is 2.22. The monoisotopic (exact) mass is 411 g/mol. The SMILES string of the molecule is Cc1cc(C(=O)N2CCCC(C)C2)ccc1NC(=O)CC1CSCCN1.Cl. The van der Waals surface area contributed by atoms with E-state index in [1.54, 1.807) is 0 Å². The van der Waals surface area contributed by atoms with E-state index in [1.807, 2.05) is 41.8 Å². The molecule has 2 saturated heterocycles. The number of rotatable bonds is 4. The number of nitrogens with one attached hydrogen (secondary N) is 2. The first-order chi connectivity index (χ1) is 12.5. The van der Waals surface area contributed by atoms with Gasteiger partial charge in [-0.15, -0.1) is 12.4 Å². The van der Waals surface area contributed by atoms with Crippen LogP contribution in [0.1, 0.15) is 42.1 Å². The predicted molar refractivity (Wildman–Crippen MR) is 115 cm³/mol. The summed E-state index contributed by atoms with van der Waals surface area (Å²) in [4.78, 5) is 27.0. The second-order valence-corrected chi connectivity index (χ2v) is 8.66. The third kappa shape index (κ3) is 6.13. The first kappa shape index (κ1) is 22.1. The van der Waals surface area contributed by atoms with Crippen LogP contribution in [0.15, 0.2) is 18.2 Å². The van der Waals surface area contributed by atoms with Gasteiger partial charge in [-0.2, -0.15) is 11.8 Å². The Bertz CT molecular complexity index is 665. The molecule has 1 aromatic carbocycles. The average molecular weight is 412 g/mol. The molecule has 27 heavy (non-hydrogen) atoms. The Kier molecular flexibility index (Phi) is 8.45. The van der Waals surface area contributed by atoms with Crippen molar-refractivity contribution in [2.24, 2.45) is 5.92 Å². The number of likely N-dealkylation sites (tertiary alicyclic amines) is 1. The average Bonchev–Trinajstić information content (AvgIpc) is 2.63. The molecule has 2 heterocycles. The topological polar surface area (TPSA) is 61.4 Å². The van der Waals surface area contributed by atoms with E-state index in [9.17, 15) is 9.59 Å². The number of benzene rings is 1. The smallest absolute Gasteiger partial charge is 0.253 e. The van der Waals surface area contributed by atoms with Crippen molar-refractivity contribution in [2.75, 3.05) is 36.5 Å². The van der Waals surface area contributed by atoms with Crippen molar-refractivity contribution in [3.63, 3.8) is 0 Å². The molecule has 0 aromatic heterocycles. The lowest BCUT2D eigenvalue weighted by Gasteiger charge is -2.31. The number of hydrogen-bond donors (Lipinski definition) is 2. The first-order valence-electron chi connectivity index (χ1n) is 9.54. The van der Waals surface area contributed by atoms with Gasteiger partial charge in [-0.05, 0) is 49.4 Å². The fraction of sp³-hybridized carbons (Fsp3) is 0.600. The number of aryl methyl sites for hydroxylation is 1. The van der Waals surface area contributed by atoms with E-state index in [4.69, 9.17) is 0 Å². The van der Waals surface area contributed by atoms with Gasteiger partial charge in [0.05, 0.1) is 0 Å². The molecule has 7 heteroatoms. The number of amides is 2. The molecule has 0 bridgehead atoms. The van der Waals surface area contributed by atoms with E-state index in [-0.39, 0.29) is 30.3 Å². The van der Waals surface area contributed by atoms with Crippen molar-refractivity contribution in [3.05, 3.63) is 29.3 Å². The van der Waals surface area contributed by atoms with Gasteiger partial charge in [0.1, 0.15) is 0 Å². The number of carbonyl (C=O) groups excluding carboxylic acids is 2. The summed E-state index contributed by atoms with van der Waals surface area (Å²) in [6, 6.07) is 5.83. The van der Waals surface area contributed by atoms with E-state index in [2.05, 4.69) is 17.6 Å². The minimum atomic E-state index is 0. The van der Waals surface area contributed by atoms with Gasteiger partial charge in [-0.3, -0.25) is 9.59 Å². The molecule has 2 N–H and O–H groups in total. The largest absolute Gasteiger partial charge is 0.338 e. The second kappa shape index (κ2) is 10.3. The summed E-state index contributed by atoms with van der Waals surface area (Å²) in [5.41, 5.74) is 2.43. The fourth-order valence-corrected chi connectivity index (χ4v) is 4.62. The van der Waals surface area contributed by atoms with Gasteiger partial charge in [-0.1, -0.05) is 6.92 Å². The van der Waals surface area contributed by atoms with Crippen LogP contribution in [-0.2, 0) is 4.79 Å². The molecule has 2 fully saturated rings. The van der Waals surface area contributed by atoms with Crippen molar-refractivity contribution < 1.29 is 9.59 Å². The van der Waals surface area contributed by atoms with E-state index < -0.39 is 0 Å². The van der Waals surface area contributed by atoms with Gasteiger partial charge in [-0.25, -0.2) is 0 Å². The Labute approximate surface area is 172 Å². The number of halogens is 1. The second-order valence-electron chi connectivity index (χ2n) is 7.51. The molecule has 0 spiro atoms. The fourth-order valence-electron chi connectivity index (χ4n) is 3.67. The lowest BCUT2D eigenvalue weighted by molar-refractivity contribution is -0.116. The zero-order valence-corrected chi connectivity index (χ0v) is 17.8. The van der Waals surface area contributed by atoms with E-state index >= 15 is 0 Å². The zero-order valence-electron chi connectivity index (χ0n) is 16.1. The van der Waals surface area contributed by atoms with Crippen molar-refractivity contribution in [1.82, 2.24) is 10.2 Å². The van der Waals surface area contributed by atoms with Crippen LogP contribution in [0.5, 0.6) is 0 Å². The molecule has 0 radical (unpaired) electrons. The molecule has 150 valence electrons. The highest BCUT2D eigenvalue weighted by atomic mass is 35.5. The number of nitrogens with zero attached hydrogens (tertiary/aromatic N) is 1. The Balaban J connectivity index is 0.00000261. The molecule has 1 aromatic rings. The van der Waals surface area contributed by atoms with Crippen LogP contribution in [0.4, 0.5) is 5.69 Å². The molecule has 2 aliphatic rings. The van der Waals surface area contributed by atoms with Gasteiger partial charge in [0, 0.05) is 54.9 Å². The third-order valence-electron chi connectivity index (χ3n) is 5.12. The van der Waals surface area contributed by atoms with Gasteiger partial charge in [0.15, 0.2) is 0 Å². The number of carbonyl (C=O) groups is 2. The first-order valence-corrected chi connectivity index (χ1v) is 10.7. The maximum absolute atomic E-state index is 12.7. The minimum absolute atomic E-state index is 0. The molecular formula is C20H30ClN3O2S. The molecule has 0 saturated carbocycles. The summed E-state index contributed by atoms with van der Waals surface area (Å²) in [6.45, 7) is 6.78. The summed E-state index contributed by atoms with van der Waals surface area (Å²) < 4.78 is 0. The Morgan fingerprint density at radius 1 is 1.37 bits per heavy atom. The highest BCUT2D eigenvalue weighted by molar-refractivity contribution is 7.99. The van der Waals surface area contributed by atoms with E-state index in [0.717, 1.165) is 48.8 Å². The van der Waals surface area contributed by atoms with Crippen LogP contribution in [0, 0.1) is 12.8 Å². The standard InChI is InChI=1S/C20H29N3O2S.ClH/c1-14-4-3-8-23(12-14)20(25)16-5-6-18(15(2)10-16)22-19(24)11-17-13-26-9-7-21-17;/h5-6,10,14,17,21H,3-4,7-9,11-13H2,1-2H3,(H,22,24);1H. The molecule has 2 aliphatic heterocycles. The molecule has 3 rings (SSSR count). The number of piperidine rings is 1. The summed E-state index contributed by atoms with van der Waals surface area (Å²) in [6.07, 6.45) is 2.76. The normalized spacial score (nSPS) is 22.7. The molecule has 2 atom stereocenters. The highest BCUT2D eigenvalue weighted by Gasteiger charge is 2.22. The lowest BCUT2D eigenvalue weighted by Crippen LogP contribution is -2.40. The Morgan fingerprint density at radius 2 is 2.19 bits per heavy atom. The van der Waals surface area contributed by atoms with Gasteiger partial charge >= 0.3 is 0 Å². The summed E-state index contributed by atoms with van der Waals surface area (Å²) in [7, 11) is 0. The van der Waals surface area contributed by atoms with Crippen LogP contribution in [0.25, 0.3) is 0 Å². The molecule has 2 amide bonds. The van der Waals surface area contributed by atoms with Crippen molar-refractivity contribution >= 4 is 41.7 Å². The summed E-state index contributed by atoms with van der Waals surface area (Å²) in [5, 5.41) is 6.38.